The van der Waals surface area contributed by atoms with Gasteiger partial charge in [0.15, 0.2) is 0 Å². The molecule has 0 aliphatic carbocycles. The van der Waals surface area contributed by atoms with Crippen LogP contribution in [0.15, 0.2) is 66.7 Å². The number of aryl methyl sites for hydroxylation is 1. The fourth-order valence-electron chi connectivity index (χ4n) is 2.56. The molecular formula is C22H19N3O2. The van der Waals surface area contributed by atoms with E-state index in [2.05, 4.69) is 10.3 Å². The van der Waals surface area contributed by atoms with Crippen molar-refractivity contribution in [1.29, 1.82) is 5.26 Å². The van der Waals surface area contributed by atoms with Gasteiger partial charge in [0.05, 0.1) is 11.3 Å². The molecule has 0 saturated carbocycles. The molecule has 5 heteroatoms. The lowest BCUT2D eigenvalue weighted by Gasteiger charge is -2.09. The average Bonchev–Trinajstić information content (AvgIpc) is 2.71. The first-order valence-electron chi connectivity index (χ1n) is 8.57. The molecule has 0 bridgehead atoms. The molecule has 5 nitrogen and oxygen atoms in total. The van der Waals surface area contributed by atoms with E-state index in [0.29, 0.717) is 30.1 Å². The summed E-state index contributed by atoms with van der Waals surface area (Å²) in [5.74, 6) is 0.469. The molecule has 3 rings (SSSR count). The molecule has 0 atom stereocenters. The molecule has 1 N–H and O–H groups in total. The van der Waals surface area contributed by atoms with E-state index in [1.165, 1.54) is 0 Å². The van der Waals surface area contributed by atoms with Gasteiger partial charge < -0.3 is 10.1 Å². The number of nitrogens with zero attached hydrogens (tertiary/aromatic N) is 2. The highest BCUT2D eigenvalue weighted by Gasteiger charge is 2.09. The Labute approximate surface area is 158 Å². The highest BCUT2D eigenvalue weighted by molar-refractivity contribution is 5.92. The molecule has 0 spiro atoms. The maximum atomic E-state index is 12.3. The van der Waals surface area contributed by atoms with E-state index in [1.807, 2.05) is 60.7 Å². The third-order valence-corrected chi connectivity index (χ3v) is 4.04. The van der Waals surface area contributed by atoms with Crippen LogP contribution in [0.1, 0.15) is 32.9 Å². The smallest absolute Gasteiger partial charge is 0.270 e. The van der Waals surface area contributed by atoms with Gasteiger partial charge in [-0.15, -0.1) is 0 Å². The van der Waals surface area contributed by atoms with Gasteiger partial charge in [0, 0.05) is 6.54 Å². The van der Waals surface area contributed by atoms with E-state index < -0.39 is 0 Å². The van der Waals surface area contributed by atoms with Crippen molar-refractivity contribution in [2.75, 3.05) is 0 Å². The van der Waals surface area contributed by atoms with E-state index in [9.17, 15) is 4.79 Å². The monoisotopic (exact) mass is 357 g/mol. The zero-order valence-electron chi connectivity index (χ0n) is 15.0. The summed E-state index contributed by atoms with van der Waals surface area (Å²) in [6.45, 7) is 2.57. The normalized spacial score (nSPS) is 10.1. The second-order valence-electron chi connectivity index (χ2n) is 6.05. The van der Waals surface area contributed by atoms with Crippen LogP contribution in [0.5, 0.6) is 5.75 Å². The first-order chi connectivity index (χ1) is 13.2. The summed E-state index contributed by atoms with van der Waals surface area (Å²) in [7, 11) is 0. The van der Waals surface area contributed by atoms with Crippen molar-refractivity contribution in [1.82, 2.24) is 10.3 Å². The highest BCUT2D eigenvalue weighted by Crippen LogP contribution is 2.15. The van der Waals surface area contributed by atoms with E-state index in [0.717, 1.165) is 16.9 Å². The fourth-order valence-corrected chi connectivity index (χ4v) is 2.56. The molecule has 0 unspecified atom stereocenters. The third kappa shape index (κ3) is 4.93. The zero-order valence-corrected chi connectivity index (χ0v) is 15.0. The van der Waals surface area contributed by atoms with E-state index in [1.54, 1.807) is 19.1 Å². The highest BCUT2D eigenvalue weighted by atomic mass is 16.5. The van der Waals surface area contributed by atoms with E-state index in [4.69, 9.17) is 10.00 Å². The number of rotatable bonds is 6. The summed E-state index contributed by atoms with van der Waals surface area (Å²) in [4.78, 5) is 16.5. The number of carbonyl (C=O) groups excluding carboxylic acids is 1. The summed E-state index contributed by atoms with van der Waals surface area (Å²) in [6, 6.07) is 22.8. The number of ether oxygens (including phenoxy) is 1. The molecule has 0 aliphatic rings. The number of hydrogen-bond acceptors (Lipinski definition) is 4. The Morgan fingerprint density at radius 2 is 1.85 bits per heavy atom. The predicted molar refractivity (Wildman–Crippen MR) is 102 cm³/mol. The van der Waals surface area contributed by atoms with Crippen LogP contribution in [0.3, 0.4) is 0 Å². The van der Waals surface area contributed by atoms with E-state index >= 15 is 0 Å². The van der Waals surface area contributed by atoms with Gasteiger partial charge in [0.2, 0.25) is 0 Å². The maximum Gasteiger partial charge on any atom is 0.270 e. The van der Waals surface area contributed by atoms with Crippen molar-refractivity contribution in [2.45, 2.75) is 20.1 Å². The number of hydrogen-bond donors (Lipinski definition) is 1. The van der Waals surface area contributed by atoms with Crippen LogP contribution >= 0.6 is 0 Å². The molecule has 1 amide bonds. The molecule has 0 saturated heterocycles. The Balaban J connectivity index is 1.58. The number of aromatic nitrogens is 1. The Morgan fingerprint density at radius 3 is 2.59 bits per heavy atom. The second-order valence-corrected chi connectivity index (χ2v) is 6.05. The average molecular weight is 357 g/mol. The predicted octanol–water partition coefficient (Wildman–Crippen LogP) is 3.77. The number of amides is 1. The van der Waals surface area contributed by atoms with Crippen molar-refractivity contribution in [3.8, 4) is 11.8 Å². The Hall–Kier alpha value is -3.65. The number of carbonyl (C=O) groups is 1. The van der Waals surface area contributed by atoms with Crippen molar-refractivity contribution in [2.24, 2.45) is 0 Å². The standard InChI is InChI=1S/C22H19N3O2/c1-16-19(13-23)10-11-21(25-16)22(26)24-14-18-8-5-9-20(12-18)27-15-17-6-3-2-4-7-17/h2-12H,14-15H2,1H3,(H,24,26). The second kappa shape index (κ2) is 8.63. The van der Waals surface area contributed by atoms with E-state index in [-0.39, 0.29) is 5.91 Å². The van der Waals surface area contributed by atoms with Crippen LogP contribution in [0.25, 0.3) is 0 Å². The zero-order chi connectivity index (χ0) is 19.1. The molecular weight excluding hydrogens is 338 g/mol. The van der Waals surface area contributed by atoms with Crippen molar-refractivity contribution < 1.29 is 9.53 Å². The minimum atomic E-state index is -0.279. The lowest BCUT2D eigenvalue weighted by atomic mass is 10.2. The van der Waals surface area contributed by atoms with Crippen LogP contribution in [0.2, 0.25) is 0 Å². The van der Waals surface area contributed by atoms with Crippen LogP contribution in [0.4, 0.5) is 0 Å². The van der Waals surface area contributed by atoms with Crippen LogP contribution in [-0.4, -0.2) is 10.9 Å². The molecule has 1 aromatic heterocycles. The van der Waals surface area contributed by atoms with Crippen molar-refractivity contribution in [3.63, 3.8) is 0 Å². The number of pyridine rings is 1. The van der Waals surface area contributed by atoms with Crippen LogP contribution in [-0.2, 0) is 13.2 Å². The molecule has 0 aliphatic heterocycles. The summed E-state index contributed by atoms with van der Waals surface area (Å²) in [6.07, 6.45) is 0. The topological polar surface area (TPSA) is 75.0 Å². The van der Waals surface area contributed by atoms with Gasteiger partial charge in [0.25, 0.3) is 5.91 Å². The molecule has 1 heterocycles. The minimum absolute atomic E-state index is 0.279. The number of benzene rings is 2. The van der Waals surface area contributed by atoms with Crippen molar-refractivity contribution >= 4 is 5.91 Å². The fraction of sp³-hybridized carbons (Fsp3) is 0.136. The lowest BCUT2D eigenvalue weighted by molar-refractivity contribution is 0.0945. The van der Waals surface area contributed by atoms with Gasteiger partial charge in [-0.05, 0) is 42.3 Å². The summed E-state index contributed by atoms with van der Waals surface area (Å²) in [5, 5.41) is 11.8. The summed E-state index contributed by atoms with van der Waals surface area (Å²) >= 11 is 0. The SMILES string of the molecule is Cc1nc(C(=O)NCc2cccc(OCc3ccccc3)c2)ccc1C#N. The number of nitrogens with one attached hydrogen (secondary N) is 1. The van der Waals surface area contributed by atoms with Gasteiger partial charge in [-0.1, -0.05) is 42.5 Å². The molecule has 0 radical (unpaired) electrons. The van der Waals surface area contributed by atoms with Gasteiger partial charge in [-0.3, -0.25) is 4.79 Å². The summed E-state index contributed by atoms with van der Waals surface area (Å²) in [5.41, 5.74) is 3.33. The summed E-state index contributed by atoms with van der Waals surface area (Å²) < 4.78 is 5.81. The molecule has 27 heavy (non-hydrogen) atoms. The Kier molecular flexibility index (Phi) is 5.80. The first-order valence-corrected chi connectivity index (χ1v) is 8.57. The molecule has 134 valence electrons. The van der Waals surface area contributed by atoms with Gasteiger partial charge in [-0.2, -0.15) is 5.26 Å². The molecule has 2 aromatic carbocycles. The number of nitriles is 1. The lowest BCUT2D eigenvalue weighted by Crippen LogP contribution is -2.24. The molecule has 3 aromatic rings. The first kappa shape index (κ1) is 18.2. The van der Waals surface area contributed by atoms with Crippen LogP contribution < -0.4 is 10.1 Å². The molecule has 0 fully saturated rings. The largest absolute Gasteiger partial charge is 0.489 e. The third-order valence-electron chi connectivity index (χ3n) is 4.04. The minimum Gasteiger partial charge on any atom is -0.489 e. The van der Waals surface area contributed by atoms with Gasteiger partial charge >= 0.3 is 0 Å². The van der Waals surface area contributed by atoms with Gasteiger partial charge in [-0.25, -0.2) is 4.98 Å². The Bertz CT molecular complexity index is 978. The van der Waals surface area contributed by atoms with Gasteiger partial charge in [0.1, 0.15) is 24.1 Å². The Morgan fingerprint density at radius 1 is 1.07 bits per heavy atom. The maximum absolute atomic E-state index is 12.3. The van der Waals surface area contributed by atoms with Crippen LogP contribution in [0, 0.1) is 18.3 Å². The quantitative estimate of drug-likeness (QED) is 0.729. The van der Waals surface area contributed by atoms with Crippen molar-refractivity contribution in [3.05, 3.63) is 94.8 Å².